The van der Waals surface area contributed by atoms with Crippen molar-refractivity contribution < 1.29 is 14.1 Å². The van der Waals surface area contributed by atoms with E-state index in [9.17, 15) is 9.59 Å². The second-order valence-corrected chi connectivity index (χ2v) is 3.18. The van der Waals surface area contributed by atoms with Gasteiger partial charge >= 0.3 is 0 Å². The zero-order chi connectivity index (χ0) is 11.5. The Morgan fingerprint density at radius 2 is 2.00 bits per heavy atom. The number of hydrogen-bond acceptors (Lipinski definition) is 4. The Morgan fingerprint density at radius 1 is 1.31 bits per heavy atom. The molecular weight excluding hydrogens is 208 g/mol. The SMILES string of the molecule is NC(=O)c1cc(-c2ccc(C=O)cc2)on1. The van der Waals surface area contributed by atoms with Gasteiger partial charge in [0.05, 0.1) is 0 Å². The van der Waals surface area contributed by atoms with Crippen LogP contribution in [0.5, 0.6) is 0 Å². The van der Waals surface area contributed by atoms with Crippen molar-refractivity contribution >= 4 is 12.2 Å². The van der Waals surface area contributed by atoms with Crippen molar-refractivity contribution in [3.8, 4) is 11.3 Å². The minimum Gasteiger partial charge on any atom is -0.364 e. The minimum absolute atomic E-state index is 0.0782. The molecule has 0 saturated heterocycles. The van der Waals surface area contributed by atoms with Crippen LogP contribution in [0.1, 0.15) is 20.8 Å². The number of aromatic nitrogens is 1. The van der Waals surface area contributed by atoms with Crippen LogP contribution in [-0.2, 0) is 0 Å². The van der Waals surface area contributed by atoms with Crippen LogP contribution in [0.15, 0.2) is 34.9 Å². The number of hydrogen-bond donors (Lipinski definition) is 1. The number of carbonyl (C=O) groups is 2. The Bertz CT molecular complexity index is 528. The number of primary amides is 1. The molecule has 2 rings (SSSR count). The second-order valence-electron chi connectivity index (χ2n) is 3.18. The maximum atomic E-state index is 10.8. The summed E-state index contributed by atoms with van der Waals surface area (Å²) in [5.74, 6) is -0.203. The molecule has 0 aliphatic heterocycles. The molecule has 0 radical (unpaired) electrons. The van der Waals surface area contributed by atoms with E-state index in [0.717, 1.165) is 11.8 Å². The summed E-state index contributed by atoms with van der Waals surface area (Å²) in [7, 11) is 0. The van der Waals surface area contributed by atoms with Crippen molar-refractivity contribution in [2.45, 2.75) is 0 Å². The molecule has 0 atom stereocenters. The first-order valence-corrected chi connectivity index (χ1v) is 4.53. The molecule has 1 aromatic heterocycles. The molecule has 16 heavy (non-hydrogen) atoms. The average Bonchev–Trinajstić information content (AvgIpc) is 2.78. The first kappa shape index (κ1) is 10.1. The highest BCUT2D eigenvalue weighted by molar-refractivity contribution is 5.91. The highest BCUT2D eigenvalue weighted by Crippen LogP contribution is 2.20. The van der Waals surface area contributed by atoms with Crippen molar-refractivity contribution in [2.75, 3.05) is 0 Å². The Hall–Kier alpha value is -2.43. The first-order chi connectivity index (χ1) is 7.70. The summed E-state index contributed by atoms with van der Waals surface area (Å²) in [5, 5.41) is 3.52. The third kappa shape index (κ3) is 1.83. The van der Waals surface area contributed by atoms with Gasteiger partial charge in [-0.3, -0.25) is 9.59 Å². The minimum atomic E-state index is -0.639. The molecule has 2 aromatic rings. The molecular formula is C11H8N2O3. The van der Waals surface area contributed by atoms with E-state index in [2.05, 4.69) is 5.16 Å². The van der Waals surface area contributed by atoms with E-state index in [4.69, 9.17) is 10.3 Å². The molecule has 5 heteroatoms. The number of rotatable bonds is 3. The third-order valence-electron chi connectivity index (χ3n) is 2.09. The summed E-state index contributed by atoms with van der Waals surface area (Å²) in [6, 6.07) is 8.16. The normalized spacial score (nSPS) is 10.0. The maximum Gasteiger partial charge on any atom is 0.270 e. The number of carbonyl (C=O) groups excluding carboxylic acids is 2. The Morgan fingerprint density at radius 3 is 2.50 bits per heavy atom. The van der Waals surface area contributed by atoms with Crippen LogP contribution in [0.4, 0.5) is 0 Å². The van der Waals surface area contributed by atoms with E-state index in [1.54, 1.807) is 24.3 Å². The summed E-state index contributed by atoms with van der Waals surface area (Å²) in [4.78, 5) is 21.3. The number of nitrogens with two attached hydrogens (primary N) is 1. The second kappa shape index (κ2) is 3.98. The summed E-state index contributed by atoms with van der Waals surface area (Å²) >= 11 is 0. The van der Waals surface area contributed by atoms with Gasteiger partial charge in [0.2, 0.25) is 0 Å². The predicted molar refractivity (Wildman–Crippen MR) is 55.8 cm³/mol. The molecule has 2 N–H and O–H groups in total. The van der Waals surface area contributed by atoms with Crippen molar-refractivity contribution in [3.05, 3.63) is 41.6 Å². The summed E-state index contributed by atoms with van der Waals surface area (Å²) in [6.45, 7) is 0. The molecule has 0 aliphatic rings. The fourth-order valence-electron chi connectivity index (χ4n) is 1.25. The van der Waals surface area contributed by atoms with Crippen LogP contribution < -0.4 is 5.73 Å². The average molecular weight is 216 g/mol. The van der Waals surface area contributed by atoms with Crippen LogP contribution in [0.25, 0.3) is 11.3 Å². The molecule has 0 fully saturated rings. The molecule has 1 aromatic carbocycles. The molecule has 0 unspecified atom stereocenters. The van der Waals surface area contributed by atoms with E-state index >= 15 is 0 Å². The van der Waals surface area contributed by atoms with Gasteiger partial charge < -0.3 is 10.3 Å². The lowest BCUT2D eigenvalue weighted by molar-refractivity contribution is 0.0991. The lowest BCUT2D eigenvalue weighted by atomic mass is 10.1. The van der Waals surface area contributed by atoms with Crippen LogP contribution in [0.3, 0.4) is 0 Å². The highest BCUT2D eigenvalue weighted by atomic mass is 16.5. The van der Waals surface area contributed by atoms with Crippen molar-refractivity contribution in [1.82, 2.24) is 5.16 Å². The molecule has 1 heterocycles. The van der Waals surface area contributed by atoms with Crippen molar-refractivity contribution in [3.63, 3.8) is 0 Å². The van der Waals surface area contributed by atoms with Crippen LogP contribution in [0.2, 0.25) is 0 Å². The number of aldehydes is 1. The quantitative estimate of drug-likeness (QED) is 0.782. The van der Waals surface area contributed by atoms with Crippen LogP contribution in [0, 0.1) is 0 Å². The van der Waals surface area contributed by atoms with Crippen LogP contribution in [-0.4, -0.2) is 17.4 Å². The number of nitrogens with zero attached hydrogens (tertiary/aromatic N) is 1. The molecule has 0 bridgehead atoms. The lowest BCUT2D eigenvalue weighted by Gasteiger charge is -1.94. The maximum absolute atomic E-state index is 10.8. The van der Waals surface area contributed by atoms with Crippen molar-refractivity contribution in [1.29, 1.82) is 0 Å². The lowest BCUT2D eigenvalue weighted by Crippen LogP contribution is -2.10. The van der Waals surface area contributed by atoms with Crippen LogP contribution >= 0.6 is 0 Å². The van der Waals surface area contributed by atoms with Gasteiger partial charge in [-0.2, -0.15) is 0 Å². The highest BCUT2D eigenvalue weighted by Gasteiger charge is 2.10. The largest absolute Gasteiger partial charge is 0.364 e. The molecule has 5 nitrogen and oxygen atoms in total. The smallest absolute Gasteiger partial charge is 0.270 e. The molecule has 80 valence electrons. The molecule has 1 amide bonds. The summed E-state index contributed by atoms with van der Waals surface area (Å²) < 4.78 is 4.95. The summed E-state index contributed by atoms with van der Waals surface area (Å²) in [5.41, 5.74) is 6.42. The monoisotopic (exact) mass is 216 g/mol. The van der Waals surface area contributed by atoms with Gasteiger partial charge in [0.1, 0.15) is 6.29 Å². The molecule has 0 saturated carbocycles. The molecule has 0 spiro atoms. The van der Waals surface area contributed by atoms with Gasteiger partial charge in [0.25, 0.3) is 5.91 Å². The fourth-order valence-corrected chi connectivity index (χ4v) is 1.25. The molecule has 0 aliphatic carbocycles. The van der Waals surface area contributed by atoms with Gasteiger partial charge in [-0.05, 0) is 0 Å². The van der Waals surface area contributed by atoms with E-state index in [1.165, 1.54) is 6.07 Å². The predicted octanol–water partition coefficient (Wildman–Crippen LogP) is 1.25. The van der Waals surface area contributed by atoms with Gasteiger partial charge in [0, 0.05) is 17.2 Å². The van der Waals surface area contributed by atoms with E-state index in [0.29, 0.717) is 11.3 Å². The zero-order valence-electron chi connectivity index (χ0n) is 8.21. The third-order valence-corrected chi connectivity index (χ3v) is 2.09. The Labute approximate surface area is 90.8 Å². The van der Waals surface area contributed by atoms with Gasteiger partial charge in [0.15, 0.2) is 11.5 Å². The standard InChI is InChI=1S/C11H8N2O3/c12-11(15)9-5-10(16-13-9)8-3-1-7(6-14)2-4-8/h1-6H,(H2,12,15). The first-order valence-electron chi connectivity index (χ1n) is 4.53. The van der Waals surface area contributed by atoms with Gasteiger partial charge in [-0.25, -0.2) is 0 Å². The van der Waals surface area contributed by atoms with E-state index < -0.39 is 5.91 Å². The van der Waals surface area contributed by atoms with E-state index in [-0.39, 0.29) is 5.69 Å². The zero-order valence-corrected chi connectivity index (χ0v) is 8.21. The fraction of sp³-hybridized carbons (Fsp3) is 0. The summed E-state index contributed by atoms with van der Waals surface area (Å²) in [6.07, 6.45) is 0.749. The number of benzene rings is 1. The topological polar surface area (TPSA) is 86.2 Å². The van der Waals surface area contributed by atoms with Crippen molar-refractivity contribution in [2.24, 2.45) is 5.73 Å². The Kier molecular flexibility index (Phi) is 2.51. The van der Waals surface area contributed by atoms with E-state index in [1.807, 2.05) is 0 Å². The van der Waals surface area contributed by atoms with Gasteiger partial charge in [-0.1, -0.05) is 29.4 Å². The number of amides is 1. The van der Waals surface area contributed by atoms with Gasteiger partial charge in [-0.15, -0.1) is 0 Å². The Balaban J connectivity index is 2.35.